The molecule has 0 bridgehead atoms. The van der Waals surface area contributed by atoms with E-state index in [1.54, 1.807) is 36.7 Å². The van der Waals surface area contributed by atoms with Crippen LogP contribution in [0.4, 0.5) is 0 Å². The number of fused-ring (bicyclic) bond motifs is 2. The number of hydrogen-bond donors (Lipinski definition) is 2. The van der Waals surface area contributed by atoms with Gasteiger partial charge in [-0.1, -0.05) is 36.4 Å². The SMILES string of the molecule is Oc1cccc2cccnc12.Oc1cccc2cccnc12.[CH3-].[CH3-].[Zn+2]. The largest absolute Gasteiger partial charge is 2.00 e. The Bertz CT molecular complexity index is 841. The molecule has 0 amide bonds. The Kier molecular flexibility index (Phi) is 9.33. The smallest absolute Gasteiger partial charge is 0.506 e. The van der Waals surface area contributed by atoms with E-state index >= 15 is 0 Å². The van der Waals surface area contributed by atoms with E-state index < -0.39 is 0 Å². The van der Waals surface area contributed by atoms with Gasteiger partial charge in [-0.2, -0.15) is 0 Å². The van der Waals surface area contributed by atoms with Gasteiger partial charge in [0, 0.05) is 23.2 Å². The third kappa shape index (κ3) is 5.23. The summed E-state index contributed by atoms with van der Waals surface area (Å²) < 4.78 is 0. The van der Waals surface area contributed by atoms with Crippen molar-refractivity contribution >= 4 is 21.8 Å². The number of para-hydroxylation sites is 2. The second kappa shape index (κ2) is 10.4. The summed E-state index contributed by atoms with van der Waals surface area (Å²) in [5, 5.41) is 20.5. The van der Waals surface area contributed by atoms with E-state index in [1.165, 1.54) is 0 Å². The number of aromatic nitrogens is 2. The quantitative estimate of drug-likeness (QED) is 0.338. The van der Waals surface area contributed by atoms with Crippen molar-refractivity contribution < 1.29 is 29.7 Å². The third-order valence-corrected chi connectivity index (χ3v) is 3.22. The zero-order chi connectivity index (χ0) is 15.4. The molecular weight excluding hydrogens is 366 g/mol. The van der Waals surface area contributed by atoms with Gasteiger partial charge in [-0.25, -0.2) is 0 Å². The summed E-state index contributed by atoms with van der Waals surface area (Å²) in [6, 6.07) is 18.3. The number of aromatic hydroxyl groups is 2. The Labute approximate surface area is 161 Å². The predicted octanol–water partition coefficient (Wildman–Crippen LogP) is 4.78. The van der Waals surface area contributed by atoms with Crippen LogP contribution in [0.15, 0.2) is 73.1 Å². The van der Waals surface area contributed by atoms with E-state index in [9.17, 15) is 10.2 Å². The minimum Gasteiger partial charge on any atom is -0.506 e. The van der Waals surface area contributed by atoms with Crippen LogP contribution in [0.5, 0.6) is 11.5 Å². The van der Waals surface area contributed by atoms with Crippen LogP contribution < -0.4 is 0 Å². The number of nitrogens with zero attached hydrogens (tertiary/aromatic N) is 2. The van der Waals surface area contributed by atoms with Crippen LogP contribution in [-0.4, -0.2) is 20.2 Å². The fraction of sp³-hybridized carbons (Fsp3) is 0. The minimum absolute atomic E-state index is 0. The van der Waals surface area contributed by atoms with Gasteiger partial charge >= 0.3 is 19.5 Å². The molecule has 0 saturated carbocycles. The zero-order valence-electron chi connectivity index (χ0n) is 14.4. The van der Waals surface area contributed by atoms with Crippen LogP contribution in [-0.2, 0) is 19.5 Å². The number of rotatable bonds is 0. The summed E-state index contributed by atoms with van der Waals surface area (Å²) in [4.78, 5) is 8.06. The maximum Gasteiger partial charge on any atom is 2.00 e. The molecule has 2 aromatic carbocycles. The zero-order valence-corrected chi connectivity index (χ0v) is 17.4. The van der Waals surface area contributed by atoms with Gasteiger partial charge in [-0.15, -0.1) is 0 Å². The molecule has 0 unspecified atom stereocenters. The second-order valence-electron chi connectivity index (χ2n) is 4.70. The molecule has 5 heteroatoms. The Hall–Kier alpha value is -2.52. The van der Waals surface area contributed by atoms with Crippen molar-refractivity contribution in [1.29, 1.82) is 0 Å². The van der Waals surface area contributed by atoms with Crippen LogP contribution >= 0.6 is 0 Å². The van der Waals surface area contributed by atoms with Gasteiger partial charge in [-0.3, -0.25) is 9.97 Å². The summed E-state index contributed by atoms with van der Waals surface area (Å²) in [7, 11) is 0. The Balaban J connectivity index is 0.000000411. The first-order chi connectivity index (χ1) is 10.8. The maximum absolute atomic E-state index is 9.31. The first-order valence-corrected chi connectivity index (χ1v) is 6.81. The number of pyridine rings is 2. The van der Waals surface area contributed by atoms with Gasteiger partial charge < -0.3 is 25.1 Å². The first-order valence-electron chi connectivity index (χ1n) is 6.81. The van der Waals surface area contributed by atoms with Gasteiger partial charge in [0.05, 0.1) is 0 Å². The maximum atomic E-state index is 9.31. The first kappa shape index (κ1) is 22.5. The van der Waals surface area contributed by atoms with Crippen molar-refractivity contribution in [2.45, 2.75) is 0 Å². The molecule has 0 radical (unpaired) electrons. The molecule has 124 valence electrons. The van der Waals surface area contributed by atoms with Crippen LogP contribution in [0.25, 0.3) is 21.8 Å². The average Bonchev–Trinajstić information content (AvgIpc) is 2.57. The Morgan fingerprint density at radius 3 is 1.28 bits per heavy atom. The summed E-state index contributed by atoms with van der Waals surface area (Å²) in [5.74, 6) is 0.478. The van der Waals surface area contributed by atoms with E-state index in [1.807, 2.05) is 36.4 Å². The van der Waals surface area contributed by atoms with Crippen LogP contribution in [0, 0.1) is 14.9 Å². The fourth-order valence-corrected chi connectivity index (χ4v) is 2.18. The summed E-state index contributed by atoms with van der Waals surface area (Å²) in [5.41, 5.74) is 1.32. The monoisotopic (exact) mass is 384 g/mol. The van der Waals surface area contributed by atoms with Crippen LogP contribution in [0.3, 0.4) is 0 Å². The molecule has 0 saturated heterocycles. The van der Waals surface area contributed by atoms with Gasteiger partial charge in [0.1, 0.15) is 22.5 Å². The van der Waals surface area contributed by atoms with E-state index in [-0.39, 0.29) is 45.8 Å². The Morgan fingerprint density at radius 1 is 0.560 bits per heavy atom. The number of phenolic OH excluding ortho intramolecular Hbond substituents is 2. The van der Waals surface area contributed by atoms with Gasteiger partial charge in [0.15, 0.2) is 0 Å². The molecule has 4 nitrogen and oxygen atoms in total. The normalized spacial score (nSPS) is 8.96. The van der Waals surface area contributed by atoms with E-state index in [0.717, 1.165) is 10.8 Å². The van der Waals surface area contributed by atoms with Gasteiger partial charge in [-0.05, 0) is 24.3 Å². The molecule has 4 rings (SSSR count). The van der Waals surface area contributed by atoms with Gasteiger partial charge in [0.2, 0.25) is 0 Å². The third-order valence-electron chi connectivity index (χ3n) is 3.22. The van der Waals surface area contributed by atoms with Crippen molar-refractivity contribution in [1.82, 2.24) is 9.97 Å². The van der Waals surface area contributed by atoms with Gasteiger partial charge in [0.25, 0.3) is 0 Å². The van der Waals surface area contributed by atoms with E-state index in [0.29, 0.717) is 11.0 Å². The van der Waals surface area contributed by atoms with E-state index in [2.05, 4.69) is 9.97 Å². The molecule has 4 aromatic rings. The molecule has 0 aliphatic rings. The summed E-state index contributed by atoms with van der Waals surface area (Å²) in [6.45, 7) is 0. The van der Waals surface area contributed by atoms with Crippen molar-refractivity contribution in [2.24, 2.45) is 0 Å². The number of phenols is 2. The van der Waals surface area contributed by atoms with Crippen molar-refractivity contribution in [3.8, 4) is 11.5 Å². The molecule has 0 spiro atoms. The summed E-state index contributed by atoms with van der Waals surface area (Å²) >= 11 is 0. The number of benzene rings is 2. The fourth-order valence-electron chi connectivity index (χ4n) is 2.18. The topological polar surface area (TPSA) is 66.2 Å². The molecule has 0 fully saturated rings. The minimum atomic E-state index is 0. The molecule has 0 aliphatic heterocycles. The molecule has 25 heavy (non-hydrogen) atoms. The molecule has 2 aromatic heterocycles. The standard InChI is InChI=1S/2C9H7NO.2CH3.Zn/c2*11-8-5-1-3-7-4-2-6-10-9(7)8;;;/h2*1-6,11H;2*1H3;/q;;2*-1;+2. The van der Waals surface area contributed by atoms with Crippen molar-refractivity contribution in [3.05, 3.63) is 87.9 Å². The predicted molar refractivity (Wildman–Crippen MR) is 99.6 cm³/mol. The molecule has 2 heterocycles. The summed E-state index contributed by atoms with van der Waals surface area (Å²) in [6.07, 6.45) is 3.34. The van der Waals surface area contributed by atoms with Crippen LogP contribution in [0.1, 0.15) is 0 Å². The van der Waals surface area contributed by atoms with Crippen LogP contribution in [0.2, 0.25) is 0 Å². The van der Waals surface area contributed by atoms with Crippen molar-refractivity contribution in [3.63, 3.8) is 0 Å². The molecule has 2 N–H and O–H groups in total. The molecule has 0 aliphatic carbocycles. The Morgan fingerprint density at radius 2 is 0.920 bits per heavy atom. The molecular formula is C20H20N2O2Zn. The van der Waals surface area contributed by atoms with E-state index in [4.69, 9.17) is 0 Å². The molecule has 0 atom stereocenters. The number of hydrogen-bond acceptors (Lipinski definition) is 4. The second-order valence-corrected chi connectivity index (χ2v) is 4.70. The average molecular weight is 386 g/mol. The van der Waals surface area contributed by atoms with Crippen molar-refractivity contribution in [2.75, 3.05) is 0 Å².